The number of aliphatic hydroxyl groups excluding tert-OH is 1. The van der Waals surface area contributed by atoms with Gasteiger partial charge in [0.2, 0.25) is 0 Å². The van der Waals surface area contributed by atoms with Crippen LogP contribution < -0.4 is 11.5 Å². The normalized spacial score (nSPS) is 27.5. The number of aliphatic imine (C=N–C) groups is 1. The smallest absolute Gasteiger partial charge is 0.279 e. The van der Waals surface area contributed by atoms with Crippen molar-refractivity contribution >= 4 is 6.21 Å². The van der Waals surface area contributed by atoms with Crippen molar-refractivity contribution in [3.63, 3.8) is 0 Å². The van der Waals surface area contributed by atoms with Gasteiger partial charge in [-0.3, -0.25) is 4.99 Å². The molecule has 1 fully saturated rings. The number of rotatable bonds is 4. The minimum Gasteiger partial charge on any atom is -0.396 e. The molecule has 4 nitrogen and oxygen atoms in total. The first-order chi connectivity index (χ1) is 8.04. The van der Waals surface area contributed by atoms with E-state index in [1.165, 1.54) is 6.21 Å². The predicted octanol–water partition coefficient (Wildman–Crippen LogP) is 1.00. The van der Waals surface area contributed by atoms with E-state index in [1.807, 2.05) is 0 Å². The van der Waals surface area contributed by atoms with Gasteiger partial charge in [-0.1, -0.05) is 0 Å². The summed E-state index contributed by atoms with van der Waals surface area (Å²) in [5.41, 5.74) is 9.68. The van der Waals surface area contributed by atoms with Crippen LogP contribution >= 0.6 is 0 Å². The van der Waals surface area contributed by atoms with Gasteiger partial charge in [-0.15, -0.1) is 0 Å². The van der Waals surface area contributed by atoms with E-state index in [0.29, 0.717) is 5.92 Å². The molecule has 0 spiro atoms. The van der Waals surface area contributed by atoms with Gasteiger partial charge in [-0.05, 0) is 31.6 Å². The van der Waals surface area contributed by atoms with Crippen LogP contribution in [-0.2, 0) is 0 Å². The highest BCUT2D eigenvalue weighted by atomic mass is 19.3. The monoisotopic (exact) mass is 247 g/mol. The number of halogens is 2. The Hall–Kier alpha value is -1.17. The largest absolute Gasteiger partial charge is 0.396 e. The molecule has 17 heavy (non-hydrogen) atoms. The molecule has 0 atom stereocenters. The zero-order chi connectivity index (χ0) is 12.8. The maximum atomic E-state index is 12.2. The topological polar surface area (TPSA) is 84.6 Å². The number of nitrogens with zero attached hydrogens (tertiary/aromatic N) is 1. The lowest BCUT2D eigenvalue weighted by Gasteiger charge is -2.24. The summed E-state index contributed by atoms with van der Waals surface area (Å²) in [5, 5.41) is 8.96. The number of nitrogens with two attached hydrogens (primary N) is 2. The van der Waals surface area contributed by atoms with E-state index in [1.54, 1.807) is 0 Å². The van der Waals surface area contributed by atoms with E-state index in [9.17, 15) is 8.78 Å². The van der Waals surface area contributed by atoms with E-state index < -0.39 is 12.1 Å². The molecule has 0 aromatic rings. The summed E-state index contributed by atoms with van der Waals surface area (Å²) < 4.78 is 24.4. The van der Waals surface area contributed by atoms with Crippen molar-refractivity contribution in [3.8, 4) is 0 Å². The Bertz CT molecular complexity index is 297. The van der Waals surface area contributed by atoms with Crippen LogP contribution in [0, 0.1) is 5.92 Å². The van der Waals surface area contributed by atoms with E-state index in [4.69, 9.17) is 16.6 Å². The Morgan fingerprint density at radius 2 is 1.88 bits per heavy atom. The Kier molecular flexibility index (Phi) is 5.34. The second kappa shape index (κ2) is 6.54. The van der Waals surface area contributed by atoms with E-state index in [2.05, 4.69) is 4.99 Å². The summed E-state index contributed by atoms with van der Waals surface area (Å²) in [6.45, 7) is 0.205. The van der Waals surface area contributed by atoms with Crippen LogP contribution in [0.3, 0.4) is 0 Å². The molecule has 0 heterocycles. The molecule has 0 aromatic carbocycles. The summed E-state index contributed by atoms with van der Waals surface area (Å²) in [5.74, 6) is 0.348. The minimum absolute atomic E-state index is 0.0989. The fourth-order valence-electron chi connectivity index (χ4n) is 1.86. The first kappa shape index (κ1) is 13.9. The highest BCUT2D eigenvalue weighted by Crippen LogP contribution is 2.25. The molecule has 0 unspecified atom stereocenters. The Morgan fingerprint density at radius 1 is 1.29 bits per heavy atom. The molecule has 5 N–H and O–H groups in total. The zero-order valence-electron chi connectivity index (χ0n) is 9.65. The van der Waals surface area contributed by atoms with Crippen molar-refractivity contribution < 1.29 is 13.9 Å². The quantitative estimate of drug-likeness (QED) is 0.648. The lowest BCUT2D eigenvalue weighted by molar-refractivity contribution is 0.183. The standard InChI is InChI=1S/C11H19F2N3O/c12-11(13)10(15)9(14)5-16-8-3-1-7(6-17)2-4-8/h5,7-8,11,17H,1-4,6,14-15H2/b10-9+,16-5?. The number of hydrogen-bond donors (Lipinski definition) is 3. The van der Waals surface area contributed by atoms with Crippen LogP contribution in [0.2, 0.25) is 0 Å². The Labute approximate surface area is 99.4 Å². The molecule has 6 heteroatoms. The first-order valence-corrected chi connectivity index (χ1v) is 5.72. The maximum absolute atomic E-state index is 12.2. The summed E-state index contributed by atoms with van der Waals surface area (Å²) in [6, 6.07) is 0.0989. The first-order valence-electron chi connectivity index (χ1n) is 5.72. The fourth-order valence-corrected chi connectivity index (χ4v) is 1.86. The Morgan fingerprint density at radius 3 is 2.35 bits per heavy atom. The number of hydrogen-bond acceptors (Lipinski definition) is 4. The molecule has 0 amide bonds. The molecule has 1 saturated carbocycles. The third kappa shape index (κ3) is 4.30. The van der Waals surface area contributed by atoms with Crippen LogP contribution in [0.15, 0.2) is 16.4 Å². The number of allylic oxidation sites excluding steroid dienone is 2. The molecule has 0 saturated heterocycles. The van der Waals surface area contributed by atoms with Crippen LogP contribution in [-0.4, -0.2) is 30.4 Å². The van der Waals surface area contributed by atoms with Crippen LogP contribution in [0.5, 0.6) is 0 Å². The lowest BCUT2D eigenvalue weighted by atomic mass is 9.87. The number of aliphatic hydroxyl groups is 1. The second-order valence-corrected chi connectivity index (χ2v) is 4.35. The molecule has 1 rings (SSSR count). The van der Waals surface area contributed by atoms with Gasteiger partial charge in [-0.2, -0.15) is 0 Å². The van der Waals surface area contributed by atoms with Crippen molar-refractivity contribution in [3.05, 3.63) is 11.4 Å². The molecule has 98 valence electrons. The van der Waals surface area contributed by atoms with Gasteiger partial charge in [-0.25, -0.2) is 8.78 Å². The summed E-state index contributed by atoms with van der Waals surface area (Å²) >= 11 is 0. The fraction of sp³-hybridized carbons (Fsp3) is 0.727. The van der Waals surface area contributed by atoms with Gasteiger partial charge in [0.1, 0.15) is 0 Å². The zero-order valence-corrected chi connectivity index (χ0v) is 9.65. The van der Waals surface area contributed by atoms with Crippen molar-refractivity contribution in [2.45, 2.75) is 38.2 Å². The van der Waals surface area contributed by atoms with E-state index in [-0.39, 0.29) is 18.3 Å². The summed E-state index contributed by atoms with van der Waals surface area (Å²) in [6.07, 6.45) is 2.00. The van der Waals surface area contributed by atoms with Crippen LogP contribution in [0.1, 0.15) is 25.7 Å². The molecule has 1 aliphatic carbocycles. The van der Waals surface area contributed by atoms with Crippen molar-refractivity contribution in [2.24, 2.45) is 22.4 Å². The van der Waals surface area contributed by atoms with Crippen molar-refractivity contribution in [2.75, 3.05) is 6.61 Å². The number of alkyl halides is 2. The third-order valence-electron chi connectivity index (χ3n) is 3.07. The van der Waals surface area contributed by atoms with Crippen LogP contribution in [0.4, 0.5) is 8.78 Å². The summed E-state index contributed by atoms with van der Waals surface area (Å²) in [7, 11) is 0. The molecule has 0 aromatic heterocycles. The highest BCUT2D eigenvalue weighted by Gasteiger charge is 2.19. The molecule has 0 aliphatic heterocycles. The second-order valence-electron chi connectivity index (χ2n) is 4.35. The molecular weight excluding hydrogens is 228 g/mol. The molecule has 0 bridgehead atoms. The molecular formula is C11H19F2N3O. The summed E-state index contributed by atoms with van der Waals surface area (Å²) in [4.78, 5) is 4.15. The Balaban J connectivity index is 2.47. The van der Waals surface area contributed by atoms with Crippen LogP contribution in [0.25, 0.3) is 0 Å². The third-order valence-corrected chi connectivity index (χ3v) is 3.07. The predicted molar refractivity (Wildman–Crippen MR) is 62.7 cm³/mol. The lowest BCUT2D eigenvalue weighted by Crippen LogP contribution is -2.21. The van der Waals surface area contributed by atoms with Gasteiger partial charge in [0.05, 0.1) is 17.4 Å². The van der Waals surface area contributed by atoms with Gasteiger partial charge in [0, 0.05) is 12.8 Å². The average Bonchev–Trinajstić information content (AvgIpc) is 2.35. The highest BCUT2D eigenvalue weighted by molar-refractivity contribution is 5.78. The van der Waals surface area contributed by atoms with Gasteiger partial charge in [0.15, 0.2) is 0 Å². The molecule has 1 aliphatic rings. The van der Waals surface area contributed by atoms with Gasteiger partial charge in [0.25, 0.3) is 6.43 Å². The van der Waals surface area contributed by atoms with Crippen molar-refractivity contribution in [1.29, 1.82) is 0 Å². The molecule has 0 radical (unpaired) electrons. The minimum atomic E-state index is -2.74. The SMILES string of the molecule is N/C(C=NC1CCC(CO)CC1)=C(/N)C(F)F. The average molecular weight is 247 g/mol. The van der Waals surface area contributed by atoms with Gasteiger partial charge < -0.3 is 16.6 Å². The maximum Gasteiger partial charge on any atom is 0.279 e. The van der Waals surface area contributed by atoms with E-state index in [0.717, 1.165) is 25.7 Å². The van der Waals surface area contributed by atoms with Gasteiger partial charge >= 0.3 is 0 Å². The van der Waals surface area contributed by atoms with Crippen molar-refractivity contribution in [1.82, 2.24) is 0 Å². The van der Waals surface area contributed by atoms with E-state index >= 15 is 0 Å².